The van der Waals surface area contributed by atoms with Gasteiger partial charge in [0.15, 0.2) is 0 Å². The van der Waals surface area contributed by atoms with Crippen molar-refractivity contribution < 1.29 is 4.74 Å². The molecular formula is C9H10O. The number of benzene rings is 1. The summed E-state index contributed by atoms with van der Waals surface area (Å²) in [5.74, 6) is 0. The van der Waals surface area contributed by atoms with Crippen LogP contribution in [0.25, 0.3) is 0 Å². The Bertz CT molecular complexity index is 265. The molecule has 1 heteroatoms. The van der Waals surface area contributed by atoms with Gasteiger partial charge in [0.1, 0.15) is 6.10 Å². The van der Waals surface area contributed by atoms with Crippen LogP contribution in [0.1, 0.15) is 22.8 Å². The number of rotatable bonds is 1. The van der Waals surface area contributed by atoms with Crippen LogP contribution in [-0.2, 0) is 4.74 Å². The molecule has 0 amide bonds. The monoisotopic (exact) mass is 134 g/mol. The van der Waals surface area contributed by atoms with Crippen molar-refractivity contribution >= 4 is 0 Å². The van der Waals surface area contributed by atoms with E-state index in [0.717, 1.165) is 0 Å². The molecule has 0 N–H and O–H groups in total. The molecule has 1 aromatic rings. The topological polar surface area (TPSA) is 9.23 Å². The minimum atomic E-state index is 0.314. The molecule has 0 aromatic heterocycles. The fourth-order valence-corrected chi connectivity index (χ4v) is 1.34. The van der Waals surface area contributed by atoms with E-state index in [9.17, 15) is 0 Å². The van der Waals surface area contributed by atoms with Crippen LogP contribution in [0.4, 0.5) is 0 Å². The smallest absolute Gasteiger partial charge is 0.108 e. The van der Waals surface area contributed by atoms with Crippen LogP contribution in [0.2, 0.25) is 0 Å². The molecule has 1 aliphatic carbocycles. The summed E-state index contributed by atoms with van der Waals surface area (Å²) in [6, 6.07) is 6.44. The molecular weight excluding hydrogens is 124 g/mol. The van der Waals surface area contributed by atoms with Gasteiger partial charge in [0.2, 0.25) is 0 Å². The van der Waals surface area contributed by atoms with Gasteiger partial charge in [-0.3, -0.25) is 0 Å². The molecule has 0 bridgehead atoms. The van der Waals surface area contributed by atoms with Crippen LogP contribution >= 0.6 is 0 Å². The molecule has 0 saturated carbocycles. The van der Waals surface area contributed by atoms with E-state index in [4.69, 9.17) is 4.74 Å². The van der Waals surface area contributed by atoms with E-state index < -0.39 is 0 Å². The normalized spacial score (nSPS) is 20.4. The number of fused-ring (bicyclic) bond motifs is 1. The Morgan fingerprint density at radius 3 is 2.70 bits per heavy atom. The van der Waals surface area contributed by atoms with E-state index in [1.165, 1.54) is 16.7 Å². The maximum Gasteiger partial charge on any atom is 0.108 e. The van der Waals surface area contributed by atoms with Gasteiger partial charge in [-0.15, -0.1) is 0 Å². The summed E-state index contributed by atoms with van der Waals surface area (Å²) in [6.45, 7) is 2.10. The zero-order valence-electron chi connectivity index (χ0n) is 6.22. The Kier molecular flexibility index (Phi) is 1.08. The second kappa shape index (κ2) is 1.83. The molecule has 1 aromatic carbocycles. The SMILES string of the molecule is CO[C@H]1c2ccc(C)cc21. The summed E-state index contributed by atoms with van der Waals surface area (Å²) in [7, 11) is 1.75. The minimum Gasteiger partial charge on any atom is -0.372 e. The molecule has 0 aliphatic heterocycles. The summed E-state index contributed by atoms with van der Waals surface area (Å²) in [5.41, 5.74) is 4.04. The summed E-state index contributed by atoms with van der Waals surface area (Å²) in [6.07, 6.45) is 0.314. The highest BCUT2D eigenvalue weighted by molar-refractivity contribution is 5.51. The van der Waals surface area contributed by atoms with Gasteiger partial charge in [0.05, 0.1) is 0 Å². The third-order valence-corrected chi connectivity index (χ3v) is 1.96. The van der Waals surface area contributed by atoms with E-state index >= 15 is 0 Å². The molecule has 0 saturated heterocycles. The van der Waals surface area contributed by atoms with Gasteiger partial charge in [-0.25, -0.2) is 0 Å². The first-order valence-electron chi connectivity index (χ1n) is 3.46. The molecule has 10 heavy (non-hydrogen) atoms. The highest BCUT2D eigenvalue weighted by atomic mass is 16.5. The van der Waals surface area contributed by atoms with Crippen LogP contribution in [-0.4, -0.2) is 7.11 Å². The summed E-state index contributed by atoms with van der Waals surface area (Å²) in [5, 5.41) is 0. The van der Waals surface area contributed by atoms with Gasteiger partial charge < -0.3 is 4.74 Å². The molecule has 1 nitrogen and oxygen atoms in total. The van der Waals surface area contributed by atoms with Gasteiger partial charge in [0, 0.05) is 7.11 Å². The molecule has 0 fully saturated rings. The lowest BCUT2D eigenvalue weighted by Gasteiger charge is -1.85. The van der Waals surface area contributed by atoms with E-state index in [1.807, 2.05) is 0 Å². The zero-order chi connectivity index (χ0) is 7.14. The molecule has 0 unspecified atom stereocenters. The molecule has 0 spiro atoms. The van der Waals surface area contributed by atoms with Crippen molar-refractivity contribution in [2.75, 3.05) is 7.11 Å². The molecule has 1 atom stereocenters. The first-order chi connectivity index (χ1) is 4.83. The summed E-state index contributed by atoms with van der Waals surface area (Å²) < 4.78 is 5.19. The van der Waals surface area contributed by atoms with E-state index in [1.54, 1.807) is 7.11 Å². The second-order valence-corrected chi connectivity index (χ2v) is 2.75. The largest absolute Gasteiger partial charge is 0.372 e. The third kappa shape index (κ3) is 0.673. The maximum atomic E-state index is 5.19. The van der Waals surface area contributed by atoms with Crippen molar-refractivity contribution in [3.8, 4) is 0 Å². The van der Waals surface area contributed by atoms with Gasteiger partial charge >= 0.3 is 0 Å². The van der Waals surface area contributed by atoms with Gasteiger partial charge in [-0.1, -0.05) is 23.8 Å². The van der Waals surface area contributed by atoms with Crippen molar-refractivity contribution in [3.63, 3.8) is 0 Å². The van der Waals surface area contributed by atoms with E-state index in [-0.39, 0.29) is 0 Å². The Labute approximate surface area is 60.6 Å². The molecule has 1 aliphatic rings. The Balaban J connectivity index is 2.37. The van der Waals surface area contributed by atoms with Crippen molar-refractivity contribution in [1.82, 2.24) is 0 Å². The maximum absolute atomic E-state index is 5.19. The number of ether oxygens (including phenoxy) is 1. The molecule has 0 heterocycles. The lowest BCUT2D eigenvalue weighted by Crippen LogP contribution is -1.74. The standard InChI is InChI=1S/C9H10O/c1-6-3-4-7-8(5-6)9(7)10-2/h3-5,9H,1-2H3/t9-/m0/s1. The zero-order valence-corrected chi connectivity index (χ0v) is 6.22. The molecule has 2 rings (SSSR count). The van der Waals surface area contributed by atoms with Gasteiger partial charge in [-0.2, -0.15) is 0 Å². The van der Waals surface area contributed by atoms with Crippen molar-refractivity contribution in [3.05, 3.63) is 34.9 Å². The molecule has 0 radical (unpaired) electrons. The van der Waals surface area contributed by atoms with Crippen molar-refractivity contribution in [1.29, 1.82) is 0 Å². The predicted octanol–water partition coefficient (Wildman–Crippen LogP) is 2.04. The quantitative estimate of drug-likeness (QED) is 0.571. The Morgan fingerprint density at radius 1 is 1.30 bits per heavy atom. The average molecular weight is 134 g/mol. The number of hydrogen-bond donors (Lipinski definition) is 0. The average Bonchev–Trinajstić information content (AvgIpc) is 2.60. The fraction of sp³-hybridized carbons (Fsp3) is 0.333. The van der Waals surface area contributed by atoms with E-state index in [0.29, 0.717) is 6.10 Å². The van der Waals surface area contributed by atoms with Crippen molar-refractivity contribution in [2.24, 2.45) is 0 Å². The van der Waals surface area contributed by atoms with Gasteiger partial charge in [0.25, 0.3) is 0 Å². The highest BCUT2D eigenvalue weighted by Gasteiger charge is 2.31. The predicted molar refractivity (Wildman–Crippen MR) is 40.0 cm³/mol. The van der Waals surface area contributed by atoms with Gasteiger partial charge in [-0.05, 0) is 18.1 Å². The number of hydrogen-bond acceptors (Lipinski definition) is 1. The fourth-order valence-electron chi connectivity index (χ4n) is 1.34. The lowest BCUT2D eigenvalue weighted by molar-refractivity contribution is 0.172. The Hall–Kier alpha value is -0.820. The summed E-state index contributed by atoms with van der Waals surface area (Å²) in [4.78, 5) is 0. The first-order valence-corrected chi connectivity index (χ1v) is 3.46. The van der Waals surface area contributed by atoms with Crippen LogP contribution in [0.5, 0.6) is 0 Å². The van der Waals surface area contributed by atoms with Crippen LogP contribution < -0.4 is 0 Å². The lowest BCUT2D eigenvalue weighted by atomic mass is 10.2. The number of aryl methyl sites for hydroxylation is 1. The highest BCUT2D eigenvalue weighted by Crippen LogP contribution is 2.43. The first kappa shape index (κ1) is 5.93. The second-order valence-electron chi connectivity index (χ2n) is 2.75. The van der Waals surface area contributed by atoms with Crippen LogP contribution in [0.3, 0.4) is 0 Å². The minimum absolute atomic E-state index is 0.314. The third-order valence-electron chi connectivity index (χ3n) is 1.96. The summed E-state index contributed by atoms with van der Waals surface area (Å²) >= 11 is 0. The van der Waals surface area contributed by atoms with Crippen molar-refractivity contribution in [2.45, 2.75) is 13.0 Å². The Morgan fingerprint density at radius 2 is 2.10 bits per heavy atom. The van der Waals surface area contributed by atoms with Crippen LogP contribution in [0, 0.1) is 6.92 Å². The van der Waals surface area contributed by atoms with Crippen LogP contribution in [0.15, 0.2) is 18.2 Å². The number of methoxy groups -OCH3 is 1. The van der Waals surface area contributed by atoms with E-state index in [2.05, 4.69) is 25.1 Å². The molecule has 52 valence electrons.